The Balaban J connectivity index is 0.000000360. The van der Waals surface area contributed by atoms with Crippen LogP contribution in [0.25, 0.3) is 22.1 Å². The molecule has 39 heavy (non-hydrogen) atoms. The van der Waals surface area contributed by atoms with Crippen LogP contribution in [0.15, 0.2) is 85.9 Å². The fraction of sp³-hybridized carbons (Fsp3) is 0.250. The van der Waals surface area contributed by atoms with E-state index in [1.807, 2.05) is 6.92 Å². The minimum atomic E-state index is -3.90. The average Bonchev–Trinajstić information content (AvgIpc) is 2.92. The van der Waals surface area contributed by atoms with Gasteiger partial charge in [0.2, 0.25) is 15.3 Å². The molecule has 0 unspecified atom stereocenters. The molecule has 11 heteroatoms. The number of fused-ring (bicyclic) bond motifs is 1. The molecule has 0 aliphatic rings. The highest BCUT2D eigenvalue weighted by molar-refractivity contribution is 7.91. The Morgan fingerprint density at radius 3 is 2.18 bits per heavy atom. The molecule has 0 spiro atoms. The van der Waals surface area contributed by atoms with Crippen LogP contribution in [0.3, 0.4) is 0 Å². The average molecular weight is 559 g/mol. The van der Waals surface area contributed by atoms with Gasteiger partial charge in [0.05, 0.1) is 41.8 Å². The Hall–Kier alpha value is -3.74. The van der Waals surface area contributed by atoms with E-state index < -0.39 is 21.0 Å². The second-order valence-corrected chi connectivity index (χ2v) is 10.3. The number of sulfone groups is 1. The zero-order chi connectivity index (χ0) is 28.4. The summed E-state index contributed by atoms with van der Waals surface area (Å²) in [6.45, 7) is 3.54. The minimum Gasteiger partial charge on any atom is -0.508 e. The Morgan fingerprint density at radius 2 is 1.54 bits per heavy atom. The van der Waals surface area contributed by atoms with Crippen molar-refractivity contribution >= 4 is 20.8 Å². The van der Waals surface area contributed by atoms with E-state index >= 15 is 0 Å². The third-order valence-corrected chi connectivity index (χ3v) is 7.23. The lowest BCUT2D eigenvalue weighted by molar-refractivity contribution is -0.0727. The summed E-state index contributed by atoms with van der Waals surface area (Å²) in [5.74, 6) is -0.435. The van der Waals surface area contributed by atoms with E-state index in [9.17, 15) is 23.4 Å². The normalized spacial score (nSPS) is 11.3. The molecule has 0 bridgehead atoms. The number of hydrogen-bond acceptors (Lipinski definition) is 10. The lowest BCUT2D eigenvalue weighted by Gasteiger charge is -2.09. The van der Waals surface area contributed by atoms with Crippen LogP contribution in [0, 0.1) is 6.92 Å². The van der Waals surface area contributed by atoms with Gasteiger partial charge in [-0.05, 0) is 42.8 Å². The summed E-state index contributed by atoms with van der Waals surface area (Å²) in [7, 11) is -2.29. The van der Waals surface area contributed by atoms with Crippen molar-refractivity contribution in [2.45, 2.75) is 16.7 Å². The molecular weight excluding hydrogens is 528 g/mol. The van der Waals surface area contributed by atoms with Gasteiger partial charge >= 0.3 is 0 Å². The first-order valence-electron chi connectivity index (χ1n) is 11.8. The van der Waals surface area contributed by atoms with Crippen molar-refractivity contribution in [3.05, 3.63) is 82.7 Å². The van der Waals surface area contributed by atoms with Crippen LogP contribution in [0.4, 0.5) is 0 Å². The van der Waals surface area contributed by atoms with Crippen LogP contribution in [0.2, 0.25) is 0 Å². The third-order valence-electron chi connectivity index (χ3n) is 5.48. The summed E-state index contributed by atoms with van der Waals surface area (Å²) in [5, 5.41) is 28.0. The van der Waals surface area contributed by atoms with Gasteiger partial charge in [0, 0.05) is 13.2 Å². The van der Waals surface area contributed by atoms with Gasteiger partial charge in [0.25, 0.3) is 0 Å². The van der Waals surface area contributed by atoms with E-state index in [1.165, 1.54) is 36.6 Å². The number of aliphatic hydroxyl groups is 1. The number of benzene rings is 3. The maximum absolute atomic E-state index is 12.9. The molecule has 0 radical (unpaired) electrons. The van der Waals surface area contributed by atoms with Gasteiger partial charge in [-0.3, -0.25) is 4.79 Å². The standard InChI is InChI=1S/C22H16O6S.C6H14O4/c1-13-2-8-16(9-3-13)29(26,27)17-10-19(24)21-20(11-17)28-12-18(22(21)25)14-4-6-15(23)7-5-14;1-8-4-5-10-6-9-3-2-7/h2-12,23-24H,1H3;7H,2-6H2,1H3. The summed E-state index contributed by atoms with van der Waals surface area (Å²) >= 11 is 0. The van der Waals surface area contributed by atoms with Crippen molar-refractivity contribution in [2.75, 3.05) is 40.3 Å². The van der Waals surface area contributed by atoms with Crippen LogP contribution in [0.1, 0.15) is 5.56 Å². The number of rotatable bonds is 10. The lowest BCUT2D eigenvalue weighted by Crippen LogP contribution is -2.07. The smallest absolute Gasteiger partial charge is 0.206 e. The highest BCUT2D eigenvalue weighted by Crippen LogP contribution is 2.31. The second-order valence-electron chi connectivity index (χ2n) is 8.31. The number of phenols is 2. The first kappa shape index (κ1) is 29.8. The van der Waals surface area contributed by atoms with Crippen LogP contribution >= 0.6 is 0 Å². The molecule has 0 aliphatic carbocycles. The lowest BCUT2D eigenvalue weighted by atomic mass is 10.1. The van der Waals surface area contributed by atoms with Crippen molar-refractivity contribution in [1.82, 2.24) is 0 Å². The maximum atomic E-state index is 12.9. The number of aliphatic hydroxyl groups excluding tert-OH is 1. The molecule has 0 aliphatic heterocycles. The molecule has 3 N–H and O–H groups in total. The number of ether oxygens (including phenoxy) is 3. The topological polar surface area (TPSA) is 153 Å². The molecule has 4 aromatic rings. The number of hydrogen-bond donors (Lipinski definition) is 3. The number of aromatic hydroxyl groups is 2. The maximum Gasteiger partial charge on any atom is 0.206 e. The molecule has 0 saturated heterocycles. The summed E-state index contributed by atoms with van der Waals surface area (Å²) < 4.78 is 45.7. The van der Waals surface area contributed by atoms with Crippen molar-refractivity contribution in [2.24, 2.45) is 0 Å². The molecule has 1 aromatic heterocycles. The molecular formula is C28H30O10S. The van der Waals surface area contributed by atoms with Gasteiger partial charge < -0.3 is 33.9 Å². The molecule has 0 fully saturated rings. The summed E-state index contributed by atoms with van der Waals surface area (Å²) in [5.41, 5.74) is 1.05. The first-order chi connectivity index (χ1) is 18.7. The van der Waals surface area contributed by atoms with Gasteiger partial charge in [0.15, 0.2) is 0 Å². The minimum absolute atomic E-state index is 0.0354. The Morgan fingerprint density at radius 1 is 0.872 bits per heavy atom. The predicted molar refractivity (Wildman–Crippen MR) is 144 cm³/mol. The van der Waals surface area contributed by atoms with Crippen molar-refractivity contribution in [1.29, 1.82) is 0 Å². The third kappa shape index (κ3) is 7.65. The highest BCUT2D eigenvalue weighted by Gasteiger charge is 2.22. The predicted octanol–water partition coefficient (Wildman–Crippen LogP) is 3.63. The quantitative estimate of drug-likeness (QED) is 0.194. The molecule has 1 heterocycles. The van der Waals surface area contributed by atoms with Gasteiger partial charge in [-0.1, -0.05) is 29.8 Å². The molecule has 3 aromatic carbocycles. The molecule has 4 rings (SSSR count). The van der Waals surface area contributed by atoms with E-state index in [4.69, 9.17) is 23.7 Å². The Bertz CT molecular complexity index is 1520. The second kappa shape index (κ2) is 13.9. The van der Waals surface area contributed by atoms with E-state index in [2.05, 4.69) is 0 Å². The molecule has 10 nitrogen and oxygen atoms in total. The van der Waals surface area contributed by atoms with Gasteiger partial charge in [-0.15, -0.1) is 0 Å². The number of aryl methyl sites for hydroxylation is 1. The molecule has 208 valence electrons. The Labute approximate surface area is 225 Å². The monoisotopic (exact) mass is 558 g/mol. The van der Waals surface area contributed by atoms with Crippen molar-refractivity contribution in [3.63, 3.8) is 0 Å². The number of methoxy groups -OCH3 is 1. The van der Waals surface area contributed by atoms with Crippen molar-refractivity contribution < 1.29 is 42.4 Å². The van der Waals surface area contributed by atoms with Gasteiger partial charge in [-0.2, -0.15) is 0 Å². The van der Waals surface area contributed by atoms with E-state index in [0.29, 0.717) is 25.4 Å². The fourth-order valence-corrected chi connectivity index (χ4v) is 4.74. The summed E-state index contributed by atoms with van der Waals surface area (Å²) in [4.78, 5) is 12.8. The van der Waals surface area contributed by atoms with Gasteiger partial charge in [0.1, 0.15) is 35.5 Å². The molecule has 0 atom stereocenters. The first-order valence-corrected chi connectivity index (χ1v) is 13.3. The van der Waals surface area contributed by atoms with Crippen LogP contribution in [-0.2, 0) is 24.0 Å². The van der Waals surface area contributed by atoms with E-state index in [1.54, 1.807) is 31.4 Å². The highest BCUT2D eigenvalue weighted by atomic mass is 32.2. The van der Waals surface area contributed by atoms with Crippen LogP contribution < -0.4 is 5.43 Å². The largest absolute Gasteiger partial charge is 0.508 e. The molecule has 0 amide bonds. The van der Waals surface area contributed by atoms with E-state index in [0.717, 1.165) is 11.6 Å². The SMILES string of the molecule is COCCOCOCCO.Cc1ccc(S(=O)(=O)c2cc(O)c3c(=O)c(-c4ccc(O)cc4)coc3c2)cc1. The fourth-order valence-electron chi connectivity index (χ4n) is 3.44. The zero-order valence-electron chi connectivity index (χ0n) is 21.5. The Kier molecular flexibility index (Phi) is 10.6. The summed E-state index contributed by atoms with van der Waals surface area (Å²) in [6, 6.07) is 14.5. The van der Waals surface area contributed by atoms with Gasteiger partial charge in [-0.25, -0.2) is 8.42 Å². The summed E-state index contributed by atoms with van der Waals surface area (Å²) in [6.07, 6.45) is 1.21. The van der Waals surface area contributed by atoms with E-state index in [-0.39, 0.29) is 45.5 Å². The zero-order valence-corrected chi connectivity index (χ0v) is 22.3. The molecule has 0 saturated carbocycles. The van der Waals surface area contributed by atoms with Crippen LogP contribution in [0.5, 0.6) is 11.5 Å². The van der Waals surface area contributed by atoms with Crippen LogP contribution in [-0.4, -0.2) is 64.1 Å². The van der Waals surface area contributed by atoms with Crippen molar-refractivity contribution in [3.8, 4) is 22.6 Å². The number of phenolic OH excluding ortho intramolecular Hbond substituents is 2.